The summed E-state index contributed by atoms with van der Waals surface area (Å²) >= 11 is 0. The van der Waals surface area contributed by atoms with Gasteiger partial charge in [0, 0.05) is 24.7 Å². The third-order valence-electron chi connectivity index (χ3n) is 4.45. The maximum absolute atomic E-state index is 13.4. The molecule has 1 saturated heterocycles. The molecule has 1 atom stereocenters. The fourth-order valence-electron chi connectivity index (χ4n) is 3.12. The predicted molar refractivity (Wildman–Crippen MR) is 95.4 cm³/mol. The molecule has 1 aliphatic rings. The average molecular weight is 336 g/mol. The maximum atomic E-state index is 13.4. The molecule has 0 spiro atoms. The molecule has 0 saturated carbocycles. The minimum Gasteiger partial charge on any atom is -0.392 e. The number of guanidine groups is 1. The number of hydrogen-bond donors (Lipinski definition) is 3. The van der Waals surface area contributed by atoms with Crippen molar-refractivity contribution in [2.75, 3.05) is 26.2 Å². The number of halogens is 1. The van der Waals surface area contributed by atoms with E-state index in [0.29, 0.717) is 18.2 Å². The van der Waals surface area contributed by atoms with E-state index < -0.39 is 0 Å². The zero-order valence-electron chi connectivity index (χ0n) is 14.7. The molecule has 1 unspecified atom stereocenters. The molecule has 1 aromatic carbocycles. The predicted octanol–water partition coefficient (Wildman–Crippen LogP) is 1.86. The molecule has 2 rings (SSSR count). The summed E-state index contributed by atoms with van der Waals surface area (Å²) in [4.78, 5) is 7.06. The lowest BCUT2D eigenvalue weighted by Crippen LogP contribution is -2.44. The number of rotatable bonds is 7. The lowest BCUT2D eigenvalue weighted by atomic mass is 10.1. The van der Waals surface area contributed by atoms with Gasteiger partial charge in [0.05, 0.1) is 13.2 Å². The topological polar surface area (TPSA) is 59.9 Å². The minimum absolute atomic E-state index is 0.295. The van der Waals surface area contributed by atoms with E-state index in [0.717, 1.165) is 31.2 Å². The van der Waals surface area contributed by atoms with E-state index in [9.17, 15) is 4.39 Å². The van der Waals surface area contributed by atoms with E-state index in [1.54, 1.807) is 12.1 Å². The summed E-state index contributed by atoms with van der Waals surface area (Å²) in [5, 5.41) is 15.8. The number of likely N-dealkylation sites (N-methyl/N-ethyl adjacent to an activating group) is 1. The van der Waals surface area contributed by atoms with Crippen molar-refractivity contribution in [1.82, 2.24) is 15.5 Å². The zero-order chi connectivity index (χ0) is 17.4. The maximum Gasteiger partial charge on any atom is 0.191 e. The number of hydrogen-bond acceptors (Lipinski definition) is 3. The van der Waals surface area contributed by atoms with Gasteiger partial charge in [-0.2, -0.15) is 0 Å². The minimum atomic E-state index is -0.379. The Morgan fingerprint density at radius 1 is 1.38 bits per heavy atom. The normalized spacial score (nSPS) is 18.8. The summed E-state index contributed by atoms with van der Waals surface area (Å²) in [6.45, 7) is 8.32. The Morgan fingerprint density at radius 3 is 2.92 bits per heavy atom. The van der Waals surface area contributed by atoms with Crippen LogP contribution in [-0.2, 0) is 13.2 Å². The van der Waals surface area contributed by atoms with Gasteiger partial charge in [-0.15, -0.1) is 0 Å². The van der Waals surface area contributed by atoms with Crippen molar-refractivity contribution in [3.05, 3.63) is 35.1 Å². The fraction of sp³-hybridized carbons (Fsp3) is 0.611. The van der Waals surface area contributed by atoms with Crippen LogP contribution < -0.4 is 10.6 Å². The molecule has 1 aliphatic heterocycles. The van der Waals surface area contributed by atoms with Gasteiger partial charge in [-0.25, -0.2) is 9.38 Å². The van der Waals surface area contributed by atoms with Crippen LogP contribution in [0.2, 0.25) is 0 Å². The van der Waals surface area contributed by atoms with Gasteiger partial charge in [-0.05, 0) is 50.6 Å². The molecule has 5 nitrogen and oxygen atoms in total. The van der Waals surface area contributed by atoms with Crippen LogP contribution in [0.25, 0.3) is 0 Å². The Hall–Kier alpha value is -1.66. The highest BCUT2D eigenvalue weighted by Crippen LogP contribution is 2.15. The van der Waals surface area contributed by atoms with Gasteiger partial charge in [0.1, 0.15) is 5.82 Å². The second kappa shape index (κ2) is 9.59. The first-order valence-corrected chi connectivity index (χ1v) is 8.82. The fourth-order valence-corrected chi connectivity index (χ4v) is 3.12. The van der Waals surface area contributed by atoms with Crippen LogP contribution in [0, 0.1) is 5.82 Å². The smallest absolute Gasteiger partial charge is 0.191 e. The Kier molecular flexibility index (Phi) is 7.46. The number of aliphatic hydroxyl groups is 1. The third-order valence-corrected chi connectivity index (χ3v) is 4.45. The van der Waals surface area contributed by atoms with Crippen molar-refractivity contribution in [2.45, 2.75) is 45.9 Å². The largest absolute Gasteiger partial charge is 0.392 e. The van der Waals surface area contributed by atoms with E-state index in [1.807, 2.05) is 6.92 Å². The Balaban J connectivity index is 1.95. The third kappa shape index (κ3) is 5.18. The molecule has 1 fully saturated rings. The summed E-state index contributed by atoms with van der Waals surface area (Å²) in [6, 6.07) is 5.31. The summed E-state index contributed by atoms with van der Waals surface area (Å²) in [5.41, 5.74) is 1.19. The Bertz CT molecular complexity index is 550. The van der Waals surface area contributed by atoms with Crippen LogP contribution in [-0.4, -0.2) is 48.2 Å². The Morgan fingerprint density at radius 2 is 2.21 bits per heavy atom. The van der Waals surface area contributed by atoms with Crippen LogP contribution in [0.1, 0.15) is 37.8 Å². The first kappa shape index (κ1) is 18.7. The van der Waals surface area contributed by atoms with Crippen molar-refractivity contribution < 1.29 is 9.50 Å². The molecule has 1 heterocycles. The molecule has 6 heteroatoms. The van der Waals surface area contributed by atoms with Crippen molar-refractivity contribution >= 4 is 5.96 Å². The van der Waals surface area contributed by atoms with Crippen LogP contribution in [0.15, 0.2) is 23.2 Å². The monoisotopic (exact) mass is 336 g/mol. The lowest BCUT2D eigenvalue weighted by molar-refractivity contribution is 0.267. The molecular formula is C18H29FN4O. The molecule has 0 aliphatic carbocycles. The van der Waals surface area contributed by atoms with Crippen molar-refractivity contribution in [3.63, 3.8) is 0 Å². The van der Waals surface area contributed by atoms with Gasteiger partial charge < -0.3 is 15.7 Å². The van der Waals surface area contributed by atoms with Gasteiger partial charge >= 0.3 is 0 Å². The van der Waals surface area contributed by atoms with Crippen LogP contribution >= 0.6 is 0 Å². The molecule has 134 valence electrons. The number of aliphatic hydroxyl groups excluding tert-OH is 1. The SMILES string of the molecule is CCNC(=NCc1ccc(F)c(CO)c1)NCC1CCCN1CC. The number of nitrogens with one attached hydrogen (secondary N) is 2. The summed E-state index contributed by atoms with van der Waals surface area (Å²) < 4.78 is 13.4. The van der Waals surface area contributed by atoms with Gasteiger partial charge in [0.25, 0.3) is 0 Å². The Labute approximate surface area is 144 Å². The highest BCUT2D eigenvalue weighted by atomic mass is 19.1. The van der Waals surface area contributed by atoms with E-state index >= 15 is 0 Å². The molecular weight excluding hydrogens is 307 g/mol. The second-order valence-corrected chi connectivity index (χ2v) is 6.08. The van der Waals surface area contributed by atoms with E-state index in [2.05, 4.69) is 27.4 Å². The standard InChI is InChI=1S/C18H29FN4O/c1-3-20-18(22-12-16-6-5-9-23(16)4-2)21-11-14-7-8-17(19)15(10-14)13-24/h7-8,10,16,24H,3-6,9,11-13H2,1-2H3,(H2,20,21,22). The highest BCUT2D eigenvalue weighted by Gasteiger charge is 2.22. The first-order chi connectivity index (χ1) is 11.7. The summed E-state index contributed by atoms with van der Waals surface area (Å²) in [5.74, 6) is 0.395. The van der Waals surface area contributed by atoms with Gasteiger partial charge in [-0.1, -0.05) is 13.0 Å². The van der Waals surface area contributed by atoms with E-state index in [-0.39, 0.29) is 12.4 Å². The average Bonchev–Trinajstić information content (AvgIpc) is 3.06. The number of benzene rings is 1. The van der Waals surface area contributed by atoms with Crippen molar-refractivity contribution in [1.29, 1.82) is 0 Å². The van der Waals surface area contributed by atoms with E-state index in [1.165, 1.54) is 25.5 Å². The van der Waals surface area contributed by atoms with E-state index in [4.69, 9.17) is 5.11 Å². The molecule has 0 aromatic heterocycles. The number of nitrogens with zero attached hydrogens (tertiary/aromatic N) is 2. The van der Waals surface area contributed by atoms with Crippen molar-refractivity contribution in [2.24, 2.45) is 4.99 Å². The summed E-state index contributed by atoms with van der Waals surface area (Å²) in [6.07, 6.45) is 2.48. The molecule has 1 aromatic rings. The second-order valence-electron chi connectivity index (χ2n) is 6.08. The van der Waals surface area contributed by atoms with Gasteiger partial charge in [0.2, 0.25) is 0 Å². The number of aliphatic imine (C=N–C) groups is 1. The molecule has 0 bridgehead atoms. The van der Waals surface area contributed by atoms with Crippen molar-refractivity contribution in [3.8, 4) is 0 Å². The highest BCUT2D eigenvalue weighted by molar-refractivity contribution is 5.79. The molecule has 0 radical (unpaired) electrons. The molecule has 0 amide bonds. The first-order valence-electron chi connectivity index (χ1n) is 8.82. The quantitative estimate of drug-likeness (QED) is 0.525. The van der Waals surface area contributed by atoms with Gasteiger partial charge in [-0.3, -0.25) is 4.90 Å². The van der Waals surface area contributed by atoms with Crippen LogP contribution in [0.5, 0.6) is 0 Å². The number of likely N-dealkylation sites (tertiary alicyclic amines) is 1. The van der Waals surface area contributed by atoms with Crippen LogP contribution in [0.4, 0.5) is 4.39 Å². The summed E-state index contributed by atoms with van der Waals surface area (Å²) in [7, 11) is 0. The zero-order valence-corrected chi connectivity index (χ0v) is 14.7. The van der Waals surface area contributed by atoms with Gasteiger partial charge in [0.15, 0.2) is 5.96 Å². The molecule has 24 heavy (non-hydrogen) atoms. The molecule has 3 N–H and O–H groups in total. The lowest BCUT2D eigenvalue weighted by Gasteiger charge is -2.24. The van der Waals surface area contributed by atoms with Crippen LogP contribution in [0.3, 0.4) is 0 Å².